The molecular weight excluding hydrogens is 248 g/mol. The molecule has 1 fully saturated rings. The van der Waals surface area contributed by atoms with Crippen LogP contribution in [0.3, 0.4) is 0 Å². The van der Waals surface area contributed by atoms with Crippen LogP contribution in [-0.4, -0.2) is 47.7 Å². The van der Waals surface area contributed by atoms with E-state index in [9.17, 15) is 0 Å². The lowest BCUT2D eigenvalue weighted by atomic mass is 10.0. The van der Waals surface area contributed by atoms with E-state index in [1.54, 1.807) is 0 Å². The molecule has 20 heavy (non-hydrogen) atoms. The normalized spacial score (nSPS) is 19.8. The van der Waals surface area contributed by atoms with Crippen molar-refractivity contribution in [3.8, 4) is 0 Å². The van der Waals surface area contributed by atoms with Gasteiger partial charge in [0.25, 0.3) is 0 Å². The van der Waals surface area contributed by atoms with Crippen molar-refractivity contribution in [3.05, 3.63) is 23.3 Å². The number of hydrogen-bond donors (Lipinski definition) is 0. The monoisotopic (exact) mass is 270 g/mol. The maximum absolute atomic E-state index is 4.96. The highest BCUT2D eigenvalue weighted by Gasteiger charge is 2.24. The van der Waals surface area contributed by atoms with Crippen molar-refractivity contribution >= 4 is 17.0 Å². The highest BCUT2D eigenvalue weighted by Crippen LogP contribution is 2.31. The minimum atomic E-state index is 1.09. The molecule has 2 aliphatic heterocycles. The van der Waals surface area contributed by atoms with Gasteiger partial charge in [0.2, 0.25) is 5.95 Å². The SMILES string of the molecule is Cc1cc2c3c(c1)nc(N1CCN(C)CC1)n3CCC2. The number of piperazine rings is 1. The van der Waals surface area contributed by atoms with Gasteiger partial charge in [-0.2, -0.15) is 0 Å². The van der Waals surface area contributed by atoms with Crippen molar-refractivity contribution in [3.63, 3.8) is 0 Å². The van der Waals surface area contributed by atoms with Crippen molar-refractivity contribution in [2.75, 3.05) is 38.1 Å². The average Bonchev–Trinajstić information content (AvgIpc) is 2.80. The van der Waals surface area contributed by atoms with Gasteiger partial charge in [0.15, 0.2) is 0 Å². The second-order valence-corrected chi connectivity index (χ2v) is 6.25. The van der Waals surface area contributed by atoms with E-state index in [0.717, 1.165) is 32.7 Å². The van der Waals surface area contributed by atoms with E-state index in [-0.39, 0.29) is 0 Å². The van der Waals surface area contributed by atoms with E-state index in [1.165, 1.54) is 41.0 Å². The fourth-order valence-electron chi connectivity index (χ4n) is 3.58. The zero-order valence-electron chi connectivity index (χ0n) is 12.4. The number of hydrogen-bond acceptors (Lipinski definition) is 3. The zero-order valence-corrected chi connectivity index (χ0v) is 12.4. The Morgan fingerprint density at radius 3 is 2.65 bits per heavy atom. The van der Waals surface area contributed by atoms with Gasteiger partial charge in [-0.15, -0.1) is 0 Å². The maximum Gasteiger partial charge on any atom is 0.206 e. The van der Waals surface area contributed by atoms with Crippen molar-refractivity contribution in [2.24, 2.45) is 0 Å². The van der Waals surface area contributed by atoms with Gasteiger partial charge in [0, 0.05) is 32.7 Å². The molecule has 0 saturated carbocycles. The van der Waals surface area contributed by atoms with Crippen LogP contribution >= 0.6 is 0 Å². The fourth-order valence-corrected chi connectivity index (χ4v) is 3.58. The molecule has 4 heteroatoms. The molecule has 106 valence electrons. The topological polar surface area (TPSA) is 24.3 Å². The van der Waals surface area contributed by atoms with Gasteiger partial charge in [-0.05, 0) is 44.0 Å². The van der Waals surface area contributed by atoms with Gasteiger partial charge in [-0.3, -0.25) is 0 Å². The third-order valence-corrected chi connectivity index (χ3v) is 4.66. The first kappa shape index (κ1) is 12.2. The van der Waals surface area contributed by atoms with E-state index >= 15 is 0 Å². The number of rotatable bonds is 1. The molecule has 3 heterocycles. The van der Waals surface area contributed by atoms with Crippen LogP contribution in [0.2, 0.25) is 0 Å². The number of nitrogens with zero attached hydrogens (tertiary/aromatic N) is 4. The Bertz CT molecular complexity index is 650. The van der Waals surface area contributed by atoms with Gasteiger partial charge in [-0.1, -0.05) is 6.07 Å². The first-order valence-corrected chi connectivity index (χ1v) is 7.65. The number of benzene rings is 1. The van der Waals surface area contributed by atoms with E-state index in [1.807, 2.05) is 0 Å². The Morgan fingerprint density at radius 2 is 1.85 bits per heavy atom. The molecule has 1 aromatic carbocycles. The van der Waals surface area contributed by atoms with E-state index in [4.69, 9.17) is 4.98 Å². The van der Waals surface area contributed by atoms with Crippen LogP contribution in [0.4, 0.5) is 5.95 Å². The van der Waals surface area contributed by atoms with E-state index in [2.05, 4.69) is 40.5 Å². The molecule has 0 radical (unpaired) electrons. The fraction of sp³-hybridized carbons (Fsp3) is 0.562. The number of imidazole rings is 1. The summed E-state index contributed by atoms with van der Waals surface area (Å²) in [6, 6.07) is 4.58. The largest absolute Gasteiger partial charge is 0.340 e. The van der Waals surface area contributed by atoms with E-state index in [0.29, 0.717) is 0 Å². The van der Waals surface area contributed by atoms with Gasteiger partial charge >= 0.3 is 0 Å². The van der Waals surface area contributed by atoms with E-state index < -0.39 is 0 Å². The Kier molecular flexibility index (Phi) is 2.74. The molecule has 1 saturated heterocycles. The lowest BCUT2D eigenvalue weighted by molar-refractivity contribution is 0.310. The third kappa shape index (κ3) is 1.82. The smallest absolute Gasteiger partial charge is 0.206 e. The number of aryl methyl sites for hydroxylation is 3. The van der Waals surface area contributed by atoms with Crippen LogP contribution in [-0.2, 0) is 13.0 Å². The number of aromatic nitrogens is 2. The molecule has 0 aliphatic carbocycles. The summed E-state index contributed by atoms with van der Waals surface area (Å²) < 4.78 is 2.46. The molecule has 0 amide bonds. The molecule has 0 atom stereocenters. The summed E-state index contributed by atoms with van der Waals surface area (Å²) in [5, 5.41) is 0. The summed E-state index contributed by atoms with van der Waals surface area (Å²) in [7, 11) is 2.20. The number of anilines is 1. The molecule has 0 unspecified atom stereocenters. The third-order valence-electron chi connectivity index (χ3n) is 4.66. The van der Waals surface area contributed by atoms with Crippen LogP contribution in [0.15, 0.2) is 12.1 Å². The molecule has 4 nitrogen and oxygen atoms in total. The van der Waals surface area contributed by atoms with Crippen LogP contribution in [0.1, 0.15) is 17.5 Å². The lowest BCUT2D eigenvalue weighted by Crippen LogP contribution is -2.45. The summed E-state index contributed by atoms with van der Waals surface area (Å²) in [5.74, 6) is 1.19. The first-order chi connectivity index (χ1) is 9.72. The quantitative estimate of drug-likeness (QED) is 0.792. The van der Waals surface area contributed by atoms with Crippen LogP contribution in [0, 0.1) is 6.92 Å². The molecule has 4 rings (SSSR count). The van der Waals surface area contributed by atoms with Crippen LogP contribution < -0.4 is 4.90 Å². The summed E-state index contributed by atoms with van der Waals surface area (Å²) in [6.45, 7) is 7.75. The highest BCUT2D eigenvalue weighted by atomic mass is 15.4. The molecule has 2 aromatic rings. The second kappa shape index (κ2) is 4.48. The molecular formula is C16H22N4. The van der Waals surface area contributed by atoms with Gasteiger partial charge in [0.1, 0.15) is 0 Å². The Hall–Kier alpha value is -1.55. The van der Waals surface area contributed by atoms with Crippen LogP contribution in [0.5, 0.6) is 0 Å². The summed E-state index contributed by atoms with van der Waals surface area (Å²) in [5.41, 5.74) is 5.40. The second-order valence-electron chi connectivity index (χ2n) is 6.25. The average molecular weight is 270 g/mol. The highest BCUT2D eigenvalue weighted by molar-refractivity contribution is 5.83. The predicted octanol–water partition coefficient (Wildman–Crippen LogP) is 2.04. The first-order valence-electron chi connectivity index (χ1n) is 7.65. The minimum Gasteiger partial charge on any atom is -0.340 e. The molecule has 1 aromatic heterocycles. The van der Waals surface area contributed by atoms with Crippen LogP contribution in [0.25, 0.3) is 11.0 Å². The van der Waals surface area contributed by atoms with Crippen molar-refractivity contribution in [2.45, 2.75) is 26.3 Å². The molecule has 2 aliphatic rings. The zero-order chi connectivity index (χ0) is 13.7. The Balaban J connectivity index is 1.83. The van der Waals surface area contributed by atoms with Gasteiger partial charge in [-0.25, -0.2) is 4.98 Å². The summed E-state index contributed by atoms with van der Waals surface area (Å²) in [6.07, 6.45) is 2.44. The summed E-state index contributed by atoms with van der Waals surface area (Å²) in [4.78, 5) is 9.82. The van der Waals surface area contributed by atoms with Crippen molar-refractivity contribution < 1.29 is 0 Å². The standard InChI is InChI=1S/C16H22N4/c1-12-10-13-4-3-5-20-15(13)14(11-12)17-16(20)19-8-6-18(2)7-9-19/h10-11H,3-9H2,1-2H3. The van der Waals surface area contributed by atoms with Crippen molar-refractivity contribution in [1.82, 2.24) is 14.5 Å². The molecule has 0 bridgehead atoms. The van der Waals surface area contributed by atoms with Gasteiger partial charge in [0.05, 0.1) is 11.0 Å². The Labute approximate surface area is 120 Å². The summed E-state index contributed by atoms with van der Waals surface area (Å²) >= 11 is 0. The molecule has 0 N–H and O–H groups in total. The van der Waals surface area contributed by atoms with Gasteiger partial charge < -0.3 is 14.4 Å². The van der Waals surface area contributed by atoms with Crippen molar-refractivity contribution in [1.29, 1.82) is 0 Å². The Morgan fingerprint density at radius 1 is 1.05 bits per heavy atom. The predicted molar refractivity (Wildman–Crippen MR) is 82.5 cm³/mol. The maximum atomic E-state index is 4.96. The number of likely N-dealkylation sites (N-methyl/N-ethyl adjacent to an activating group) is 1. The minimum absolute atomic E-state index is 1.09. The lowest BCUT2D eigenvalue weighted by Gasteiger charge is -2.33. The molecule has 0 spiro atoms.